The van der Waals surface area contributed by atoms with Crippen molar-refractivity contribution in [1.82, 2.24) is 0 Å². The molecule has 0 bridgehead atoms. The third-order valence-corrected chi connectivity index (χ3v) is 1.94. The number of nitrogens with one attached hydrogen (secondary N) is 1. The summed E-state index contributed by atoms with van der Waals surface area (Å²) >= 11 is 0. The number of anilines is 1. The summed E-state index contributed by atoms with van der Waals surface area (Å²) in [4.78, 5) is 11.2. The lowest BCUT2D eigenvalue weighted by molar-refractivity contribution is -0.138. The van der Waals surface area contributed by atoms with Gasteiger partial charge >= 0.3 is 5.97 Å². The van der Waals surface area contributed by atoms with Gasteiger partial charge in [0.1, 0.15) is 17.6 Å². The Morgan fingerprint density at radius 1 is 1.67 bits per heavy atom. The molecule has 1 rings (SSSR count). The summed E-state index contributed by atoms with van der Waals surface area (Å²) in [5.74, 6) is -1.70. The summed E-state index contributed by atoms with van der Waals surface area (Å²) < 4.78 is 17.9. The second kappa shape index (κ2) is 6.25. The Bertz CT molecular complexity index is 521. The molecule has 2 N–H and O–H groups in total. The minimum absolute atomic E-state index is 0.0323. The Morgan fingerprint density at radius 2 is 2.39 bits per heavy atom. The molecule has 5 nitrogen and oxygen atoms in total. The zero-order valence-electron chi connectivity index (χ0n) is 9.61. The van der Waals surface area contributed by atoms with E-state index in [1.165, 1.54) is 12.1 Å². The molecule has 0 atom stereocenters. The van der Waals surface area contributed by atoms with Crippen molar-refractivity contribution in [2.45, 2.75) is 6.92 Å². The molecule has 0 saturated heterocycles. The van der Waals surface area contributed by atoms with Gasteiger partial charge in [-0.3, -0.25) is 0 Å². The number of aromatic hydroxyl groups is 1. The van der Waals surface area contributed by atoms with E-state index in [1.54, 1.807) is 13.0 Å². The second-order valence-electron chi connectivity index (χ2n) is 3.20. The first-order valence-corrected chi connectivity index (χ1v) is 5.11. The molecule has 0 heterocycles. The number of phenolic OH excluding ortho intramolecular Hbond substituents is 1. The average Bonchev–Trinajstić information content (AvgIpc) is 2.32. The molecule has 0 fully saturated rings. The van der Waals surface area contributed by atoms with Crippen molar-refractivity contribution in [3.05, 3.63) is 35.8 Å². The van der Waals surface area contributed by atoms with Crippen molar-refractivity contribution >= 4 is 11.7 Å². The van der Waals surface area contributed by atoms with Gasteiger partial charge in [0.25, 0.3) is 0 Å². The smallest absolute Gasteiger partial charge is 0.350 e. The van der Waals surface area contributed by atoms with Gasteiger partial charge in [-0.15, -0.1) is 0 Å². The van der Waals surface area contributed by atoms with E-state index in [0.717, 1.165) is 12.3 Å². The summed E-state index contributed by atoms with van der Waals surface area (Å²) in [6.07, 6.45) is 1.05. The zero-order valence-corrected chi connectivity index (χ0v) is 9.61. The fraction of sp³-hybridized carbons (Fsp3) is 0.167. The number of hydrogen-bond donors (Lipinski definition) is 2. The molecule has 0 aromatic heterocycles. The van der Waals surface area contributed by atoms with Gasteiger partial charge in [-0.1, -0.05) is 0 Å². The molecule has 0 aliphatic heterocycles. The van der Waals surface area contributed by atoms with Crippen LogP contribution in [0.3, 0.4) is 0 Å². The monoisotopic (exact) mass is 250 g/mol. The lowest BCUT2D eigenvalue weighted by Gasteiger charge is -2.04. The molecule has 0 saturated carbocycles. The largest absolute Gasteiger partial charge is 0.508 e. The number of carbonyl (C=O) groups is 1. The molecule has 0 amide bonds. The normalized spacial score (nSPS) is 10.6. The van der Waals surface area contributed by atoms with E-state index >= 15 is 0 Å². The van der Waals surface area contributed by atoms with Gasteiger partial charge in [0.2, 0.25) is 0 Å². The van der Waals surface area contributed by atoms with Crippen molar-refractivity contribution in [3.8, 4) is 11.8 Å². The highest BCUT2D eigenvalue weighted by Crippen LogP contribution is 2.19. The predicted molar refractivity (Wildman–Crippen MR) is 62.0 cm³/mol. The van der Waals surface area contributed by atoms with Gasteiger partial charge in [-0.05, 0) is 19.1 Å². The van der Waals surface area contributed by atoms with Crippen molar-refractivity contribution < 1.29 is 19.0 Å². The van der Waals surface area contributed by atoms with Crippen LogP contribution in [0.25, 0.3) is 0 Å². The van der Waals surface area contributed by atoms with Crippen LogP contribution in [-0.4, -0.2) is 17.7 Å². The number of phenols is 1. The number of carbonyl (C=O) groups excluding carboxylic acids is 1. The molecule has 0 aliphatic rings. The van der Waals surface area contributed by atoms with Gasteiger partial charge in [0, 0.05) is 12.3 Å². The third kappa shape index (κ3) is 3.49. The van der Waals surface area contributed by atoms with Crippen LogP contribution in [0.2, 0.25) is 0 Å². The van der Waals surface area contributed by atoms with Crippen LogP contribution in [0, 0.1) is 17.1 Å². The minimum atomic E-state index is -0.785. The SMILES string of the molecule is CCOC(=O)/C(C#N)=C/Nc1ccc(O)cc1F. The molecular weight excluding hydrogens is 239 g/mol. The summed E-state index contributed by atoms with van der Waals surface area (Å²) in [5, 5.41) is 20.2. The Labute approximate surface area is 103 Å². The van der Waals surface area contributed by atoms with Gasteiger partial charge in [-0.2, -0.15) is 5.26 Å². The predicted octanol–water partition coefficient (Wildman–Crippen LogP) is 1.91. The maximum absolute atomic E-state index is 13.3. The highest BCUT2D eigenvalue weighted by atomic mass is 19.1. The Kier molecular flexibility index (Phi) is 4.69. The Morgan fingerprint density at radius 3 is 2.94 bits per heavy atom. The number of esters is 1. The molecule has 18 heavy (non-hydrogen) atoms. The lowest BCUT2D eigenvalue weighted by atomic mass is 10.2. The van der Waals surface area contributed by atoms with E-state index in [1.807, 2.05) is 0 Å². The molecule has 1 aromatic rings. The van der Waals surface area contributed by atoms with Gasteiger partial charge in [0.15, 0.2) is 5.57 Å². The minimum Gasteiger partial charge on any atom is -0.508 e. The number of benzene rings is 1. The van der Waals surface area contributed by atoms with Crippen molar-refractivity contribution in [1.29, 1.82) is 5.26 Å². The van der Waals surface area contributed by atoms with E-state index in [-0.39, 0.29) is 23.6 Å². The Balaban J connectivity index is 2.84. The summed E-state index contributed by atoms with van der Waals surface area (Å²) in [7, 11) is 0. The molecule has 1 aromatic carbocycles. The molecular formula is C12H11FN2O3. The van der Waals surface area contributed by atoms with Crippen LogP contribution in [0.4, 0.5) is 10.1 Å². The maximum atomic E-state index is 13.3. The fourth-order valence-corrected chi connectivity index (χ4v) is 1.12. The van der Waals surface area contributed by atoms with Gasteiger partial charge in [0.05, 0.1) is 12.3 Å². The van der Waals surface area contributed by atoms with Crippen LogP contribution in [-0.2, 0) is 9.53 Å². The zero-order chi connectivity index (χ0) is 13.5. The van der Waals surface area contributed by atoms with Crippen LogP contribution >= 0.6 is 0 Å². The number of ether oxygens (including phenoxy) is 1. The average molecular weight is 250 g/mol. The molecule has 0 aliphatic carbocycles. The molecule has 0 spiro atoms. The molecule has 6 heteroatoms. The van der Waals surface area contributed by atoms with Crippen LogP contribution in [0.1, 0.15) is 6.92 Å². The number of hydrogen-bond acceptors (Lipinski definition) is 5. The first-order valence-electron chi connectivity index (χ1n) is 5.11. The van der Waals surface area contributed by atoms with E-state index < -0.39 is 11.8 Å². The van der Waals surface area contributed by atoms with Crippen LogP contribution in [0.5, 0.6) is 5.75 Å². The Hall–Kier alpha value is -2.55. The molecule has 0 radical (unpaired) electrons. The highest BCUT2D eigenvalue weighted by Gasteiger charge is 2.10. The van der Waals surface area contributed by atoms with Crippen LogP contribution < -0.4 is 5.32 Å². The number of halogens is 1. The van der Waals surface area contributed by atoms with E-state index in [9.17, 15) is 9.18 Å². The summed E-state index contributed by atoms with van der Waals surface area (Å²) in [6, 6.07) is 5.10. The fourth-order valence-electron chi connectivity index (χ4n) is 1.12. The van der Waals surface area contributed by atoms with Crippen LogP contribution in [0.15, 0.2) is 30.0 Å². The second-order valence-corrected chi connectivity index (χ2v) is 3.20. The quantitative estimate of drug-likeness (QED) is 0.369. The first kappa shape index (κ1) is 13.5. The van der Waals surface area contributed by atoms with E-state index in [2.05, 4.69) is 10.1 Å². The maximum Gasteiger partial charge on any atom is 0.350 e. The van der Waals surface area contributed by atoms with Gasteiger partial charge in [-0.25, -0.2) is 9.18 Å². The van der Waals surface area contributed by atoms with Crippen molar-refractivity contribution in [2.24, 2.45) is 0 Å². The van der Waals surface area contributed by atoms with Crippen molar-refractivity contribution in [3.63, 3.8) is 0 Å². The third-order valence-electron chi connectivity index (χ3n) is 1.94. The van der Waals surface area contributed by atoms with Crippen molar-refractivity contribution in [2.75, 3.05) is 11.9 Å². The first-order chi connectivity index (χ1) is 8.58. The molecule has 0 unspecified atom stereocenters. The number of rotatable bonds is 4. The number of nitrogens with zero attached hydrogens (tertiary/aromatic N) is 1. The highest BCUT2D eigenvalue weighted by molar-refractivity contribution is 5.93. The van der Waals surface area contributed by atoms with E-state index in [4.69, 9.17) is 10.4 Å². The topological polar surface area (TPSA) is 82.4 Å². The number of nitriles is 1. The summed E-state index contributed by atoms with van der Waals surface area (Å²) in [5.41, 5.74) is -0.242. The lowest BCUT2D eigenvalue weighted by Crippen LogP contribution is -2.08. The van der Waals surface area contributed by atoms with Gasteiger partial charge < -0.3 is 15.2 Å². The summed E-state index contributed by atoms with van der Waals surface area (Å²) in [6.45, 7) is 1.76. The molecule has 94 valence electrons. The standard InChI is InChI=1S/C12H11FN2O3/c1-2-18-12(17)8(6-14)7-15-11-4-3-9(16)5-10(11)13/h3-5,7,15-16H,2H2,1H3/b8-7+. The van der Waals surface area contributed by atoms with E-state index in [0.29, 0.717) is 0 Å².